The SMILES string of the molecule is O=C(O)C[C@H](NC(=O)[C@H]1CCCO1)c1cccc(Br)c1. The first-order valence-corrected chi connectivity index (χ1v) is 7.25. The Labute approximate surface area is 125 Å². The van der Waals surface area contributed by atoms with Gasteiger partial charge in [0.15, 0.2) is 0 Å². The lowest BCUT2D eigenvalue weighted by molar-refractivity contribution is -0.138. The van der Waals surface area contributed by atoms with Crippen molar-refractivity contribution in [2.45, 2.75) is 31.4 Å². The van der Waals surface area contributed by atoms with E-state index in [1.165, 1.54) is 0 Å². The largest absolute Gasteiger partial charge is 0.481 e. The van der Waals surface area contributed by atoms with Gasteiger partial charge in [-0.1, -0.05) is 28.1 Å². The molecule has 0 bridgehead atoms. The summed E-state index contributed by atoms with van der Waals surface area (Å²) in [4.78, 5) is 23.0. The summed E-state index contributed by atoms with van der Waals surface area (Å²) in [6.07, 6.45) is 0.927. The van der Waals surface area contributed by atoms with Crippen molar-refractivity contribution in [3.8, 4) is 0 Å². The molecular weight excluding hydrogens is 326 g/mol. The second-order valence-electron chi connectivity index (χ2n) is 4.72. The van der Waals surface area contributed by atoms with Gasteiger partial charge in [0.25, 0.3) is 0 Å². The maximum atomic E-state index is 12.1. The number of carbonyl (C=O) groups excluding carboxylic acids is 1. The number of carboxylic acid groups (broad SMARTS) is 1. The van der Waals surface area contributed by atoms with E-state index in [0.29, 0.717) is 13.0 Å². The molecule has 0 spiro atoms. The summed E-state index contributed by atoms with van der Waals surface area (Å²) in [5, 5.41) is 11.8. The van der Waals surface area contributed by atoms with Gasteiger partial charge in [-0.2, -0.15) is 0 Å². The van der Waals surface area contributed by atoms with E-state index < -0.39 is 18.1 Å². The molecule has 1 aliphatic heterocycles. The van der Waals surface area contributed by atoms with Crippen LogP contribution >= 0.6 is 15.9 Å². The molecule has 0 saturated carbocycles. The molecule has 2 rings (SSSR count). The van der Waals surface area contributed by atoms with Crippen molar-refractivity contribution in [2.75, 3.05) is 6.61 Å². The highest BCUT2D eigenvalue weighted by Gasteiger charge is 2.27. The van der Waals surface area contributed by atoms with Crippen LogP contribution in [0.25, 0.3) is 0 Å². The average molecular weight is 342 g/mol. The van der Waals surface area contributed by atoms with Crippen LogP contribution in [0.2, 0.25) is 0 Å². The van der Waals surface area contributed by atoms with Gasteiger partial charge in [-0.15, -0.1) is 0 Å². The lowest BCUT2D eigenvalue weighted by Gasteiger charge is -2.20. The van der Waals surface area contributed by atoms with E-state index in [4.69, 9.17) is 9.84 Å². The number of hydrogen-bond acceptors (Lipinski definition) is 3. The molecule has 2 N–H and O–H groups in total. The molecule has 1 aromatic carbocycles. The summed E-state index contributed by atoms with van der Waals surface area (Å²) in [5.41, 5.74) is 0.758. The molecule has 1 fully saturated rings. The molecule has 6 heteroatoms. The molecular formula is C14H16BrNO4. The summed E-state index contributed by atoms with van der Waals surface area (Å²) < 4.78 is 6.16. The number of aliphatic carboxylic acids is 1. The number of hydrogen-bond donors (Lipinski definition) is 2. The van der Waals surface area contributed by atoms with Crippen LogP contribution in [0.1, 0.15) is 30.9 Å². The molecule has 1 heterocycles. The Balaban J connectivity index is 2.10. The first-order valence-electron chi connectivity index (χ1n) is 6.45. The van der Waals surface area contributed by atoms with Gasteiger partial charge in [-0.25, -0.2) is 0 Å². The molecule has 108 valence electrons. The third-order valence-corrected chi connectivity index (χ3v) is 3.66. The summed E-state index contributed by atoms with van der Waals surface area (Å²) in [6, 6.07) is 6.72. The fraction of sp³-hybridized carbons (Fsp3) is 0.429. The minimum absolute atomic E-state index is 0.158. The Morgan fingerprint density at radius 3 is 2.90 bits per heavy atom. The van der Waals surface area contributed by atoms with Gasteiger partial charge < -0.3 is 15.2 Å². The van der Waals surface area contributed by atoms with Crippen LogP contribution in [0.15, 0.2) is 28.7 Å². The van der Waals surface area contributed by atoms with Crippen molar-refractivity contribution < 1.29 is 19.4 Å². The quantitative estimate of drug-likeness (QED) is 0.861. The van der Waals surface area contributed by atoms with Gasteiger partial charge in [0.2, 0.25) is 5.91 Å². The van der Waals surface area contributed by atoms with Gasteiger partial charge in [0.1, 0.15) is 6.10 Å². The fourth-order valence-corrected chi connectivity index (χ4v) is 2.62. The fourth-order valence-electron chi connectivity index (χ4n) is 2.20. The van der Waals surface area contributed by atoms with E-state index >= 15 is 0 Å². The van der Waals surface area contributed by atoms with Gasteiger partial charge in [0, 0.05) is 11.1 Å². The van der Waals surface area contributed by atoms with Crippen molar-refractivity contribution in [1.29, 1.82) is 0 Å². The number of benzene rings is 1. The van der Waals surface area contributed by atoms with E-state index in [9.17, 15) is 9.59 Å². The lowest BCUT2D eigenvalue weighted by atomic mass is 10.0. The van der Waals surface area contributed by atoms with Crippen molar-refractivity contribution in [2.24, 2.45) is 0 Å². The highest BCUT2D eigenvalue weighted by Crippen LogP contribution is 2.22. The molecule has 1 aromatic rings. The van der Waals surface area contributed by atoms with Gasteiger partial charge in [-0.3, -0.25) is 9.59 Å². The number of carboxylic acids is 1. The van der Waals surface area contributed by atoms with Gasteiger partial charge in [-0.05, 0) is 30.5 Å². The maximum absolute atomic E-state index is 12.1. The highest BCUT2D eigenvalue weighted by molar-refractivity contribution is 9.10. The smallest absolute Gasteiger partial charge is 0.305 e. The third kappa shape index (κ3) is 4.05. The molecule has 20 heavy (non-hydrogen) atoms. The first-order chi connectivity index (χ1) is 9.56. The van der Waals surface area contributed by atoms with Crippen molar-refractivity contribution in [3.63, 3.8) is 0 Å². The molecule has 1 saturated heterocycles. The Morgan fingerprint density at radius 1 is 1.50 bits per heavy atom. The summed E-state index contributed by atoms with van der Waals surface area (Å²) in [7, 11) is 0. The monoisotopic (exact) mass is 341 g/mol. The zero-order valence-corrected chi connectivity index (χ0v) is 12.4. The zero-order chi connectivity index (χ0) is 14.5. The molecule has 1 amide bonds. The molecule has 2 atom stereocenters. The van der Waals surface area contributed by atoms with Crippen LogP contribution in [0.5, 0.6) is 0 Å². The van der Waals surface area contributed by atoms with Crippen LogP contribution in [0.4, 0.5) is 0 Å². The Bertz CT molecular complexity index is 500. The molecule has 0 radical (unpaired) electrons. The van der Waals surface area contributed by atoms with E-state index in [1.54, 1.807) is 6.07 Å². The Morgan fingerprint density at radius 2 is 2.30 bits per heavy atom. The summed E-state index contributed by atoms with van der Waals surface area (Å²) in [6.45, 7) is 0.582. The summed E-state index contributed by atoms with van der Waals surface area (Å²) in [5.74, 6) is -1.20. The molecule has 0 aromatic heterocycles. The number of rotatable bonds is 5. The number of ether oxygens (including phenoxy) is 1. The Kier molecular flexibility index (Phi) is 5.14. The number of carbonyl (C=O) groups is 2. The van der Waals surface area contributed by atoms with Crippen LogP contribution in [-0.4, -0.2) is 29.7 Å². The highest BCUT2D eigenvalue weighted by atomic mass is 79.9. The van der Waals surface area contributed by atoms with E-state index in [0.717, 1.165) is 16.5 Å². The third-order valence-electron chi connectivity index (χ3n) is 3.17. The minimum Gasteiger partial charge on any atom is -0.481 e. The van der Waals surface area contributed by atoms with Crippen molar-refractivity contribution in [1.82, 2.24) is 5.32 Å². The van der Waals surface area contributed by atoms with Crippen LogP contribution < -0.4 is 5.32 Å². The van der Waals surface area contributed by atoms with Crippen LogP contribution in [0, 0.1) is 0 Å². The standard InChI is InChI=1S/C14H16BrNO4/c15-10-4-1-3-9(7-10)11(8-13(17)18)16-14(19)12-5-2-6-20-12/h1,3-4,7,11-12H,2,5-6,8H2,(H,16,19)(H,17,18)/t11-,12+/m0/s1. The second-order valence-corrected chi connectivity index (χ2v) is 5.63. The molecule has 1 aliphatic rings. The van der Waals surface area contributed by atoms with E-state index in [2.05, 4.69) is 21.2 Å². The molecule has 0 aliphatic carbocycles. The van der Waals surface area contributed by atoms with Crippen molar-refractivity contribution in [3.05, 3.63) is 34.3 Å². The van der Waals surface area contributed by atoms with Crippen LogP contribution in [0.3, 0.4) is 0 Å². The van der Waals surface area contributed by atoms with Crippen LogP contribution in [-0.2, 0) is 14.3 Å². The number of nitrogens with one attached hydrogen (secondary N) is 1. The molecule has 5 nitrogen and oxygen atoms in total. The van der Waals surface area contributed by atoms with Gasteiger partial charge in [0.05, 0.1) is 12.5 Å². The predicted octanol–water partition coefficient (Wildman–Crippen LogP) is 2.26. The first kappa shape index (κ1) is 15.0. The number of halogens is 1. The van der Waals surface area contributed by atoms with Crippen molar-refractivity contribution >= 4 is 27.8 Å². The minimum atomic E-state index is -0.956. The Hall–Kier alpha value is -1.40. The average Bonchev–Trinajstić information content (AvgIpc) is 2.91. The second kappa shape index (κ2) is 6.85. The van der Waals surface area contributed by atoms with Gasteiger partial charge >= 0.3 is 5.97 Å². The number of amides is 1. The normalized spacial score (nSPS) is 19.6. The summed E-state index contributed by atoms with van der Waals surface area (Å²) >= 11 is 3.34. The zero-order valence-electron chi connectivity index (χ0n) is 10.8. The van der Waals surface area contributed by atoms with E-state index in [1.807, 2.05) is 18.2 Å². The lowest BCUT2D eigenvalue weighted by Crippen LogP contribution is -2.37. The topological polar surface area (TPSA) is 75.6 Å². The molecule has 0 unspecified atom stereocenters. The maximum Gasteiger partial charge on any atom is 0.305 e. The van der Waals surface area contributed by atoms with E-state index in [-0.39, 0.29) is 12.3 Å². The predicted molar refractivity (Wildman–Crippen MR) is 76.3 cm³/mol.